The first-order chi connectivity index (χ1) is 9.56. The predicted octanol–water partition coefficient (Wildman–Crippen LogP) is 2.93. The molecule has 2 heterocycles. The zero-order valence-corrected chi connectivity index (χ0v) is 12.4. The zero-order valence-electron chi connectivity index (χ0n) is 11.7. The molecular weight excluding hydrogens is 278 g/mol. The van der Waals surface area contributed by atoms with E-state index in [9.17, 15) is 4.79 Å². The van der Waals surface area contributed by atoms with Crippen molar-refractivity contribution in [3.05, 3.63) is 28.8 Å². The van der Waals surface area contributed by atoms with Gasteiger partial charge in [-0.15, -0.1) is 0 Å². The first-order valence-electron chi connectivity index (χ1n) is 6.95. The molecule has 1 saturated heterocycles. The Kier molecular flexibility index (Phi) is 3.48. The Morgan fingerprint density at radius 2 is 2.05 bits per heavy atom. The van der Waals surface area contributed by atoms with Gasteiger partial charge in [0.05, 0.1) is 23.9 Å². The third kappa shape index (κ3) is 1.94. The summed E-state index contributed by atoms with van der Waals surface area (Å²) in [4.78, 5) is 14.5. The minimum Gasteiger partial charge on any atom is -0.336 e. The van der Waals surface area contributed by atoms with Crippen molar-refractivity contribution in [2.45, 2.75) is 26.1 Å². The Bertz CT molecular complexity index is 538. The summed E-state index contributed by atoms with van der Waals surface area (Å²) in [6.45, 7) is 5.74. The lowest BCUT2D eigenvalue weighted by atomic mass is 10.1. The van der Waals surface area contributed by atoms with E-state index in [0.29, 0.717) is 30.7 Å². The Balaban J connectivity index is 2.04. The van der Waals surface area contributed by atoms with Crippen LogP contribution in [0.5, 0.6) is 0 Å². The summed E-state index contributed by atoms with van der Waals surface area (Å²) in [6, 6.07) is 5.48. The molecule has 2 aliphatic heterocycles. The Hall–Kier alpha value is -1.10. The lowest BCUT2D eigenvalue weighted by Gasteiger charge is -2.22. The van der Waals surface area contributed by atoms with E-state index in [-0.39, 0.29) is 5.91 Å². The number of carbonyl (C=O) groups excluding carboxylic acids is 1. The maximum absolute atomic E-state index is 12.8. The number of nitrogens with zero attached hydrogens (tertiary/aromatic N) is 1. The van der Waals surface area contributed by atoms with Gasteiger partial charge in [0.15, 0.2) is 0 Å². The number of rotatable bonds is 3. The molecule has 0 bridgehead atoms. The molecule has 1 fully saturated rings. The van der Waals surface area contributed by atoms with Gasteiger partial charge in [-0.25, -0.2) is 0 Å². The second-order valence-electron chi connectivity index (χ2n) is 5.59. The van der Waals surface area contributed by atoms with E-state index < -0.39 is 5.79 Å². The molecule has 4 nitrogen and oxygen atoms in total. The van der Waals surface area contributed by atoms with Crippen LogP contribution < -0.4 is 4.90 Å². The Morgan fingerprint density at radius 1 is 1.35 bits per heavy atom. The van der Waals surface area contributed by atoms with E-state index in [0.717, 1.165) is 17.7 Å². The van der Waals surface area contributed by atoms with Crippen molar-refractivity contribution in [2.24, 2.45) is 5.92 Å². The van der Waals surface area contributed by atoms with Gasteiger partial charge in [0.1, 0.15) is 0 Å². The van der Waals surface area contributed by atoms with Crippen molar-refractivity contribution in [1.29, 1.82) is 0 Å². The van der Waals surface area contributed by atoms with E-state index in [1.54, 1.807) is 11.0 Å². The summed E-state index contributed by atoms with van der Waals surface area (Å²) in [7, 11) is 0. The molecule has 1 aromatic rings. The van der Waals surface area contributed by atoms with E-state index in [4.69, 9.17) is 21.1 Å². The number of benzene rings is 1. The van der Waals surface area contributed by atoms with Crippen molar-refractivity contribution in [1.82, 2.24) is 0 Å². The molecule has 1 aromatic carbocycles. The van der Waals surface area contributed by atoms with Crippen LogP contribution >= 0.6 is 11.6 Å². The zero-order chi connectivity index (χ0) is 14.3. The van der Waals surface area contributed by atoms with Crippen molar-refractivity contribution in [3.63, 3.8) is 0 Å². The molecule has 0 aromatic heterocycles. The molecule has 20 heavy (non-hydrogen) atoms. The van der Waals surface area contributed by atoms with Crippen LogP contribution in [-0.2, 0) is 20.1 Å². The highest BCUT2D eigenvalue weighted by Gasteiger charge is 2.56. The van der Waals surface area contributed by atoms with Crippen molar-refractivity contribution < 1.29 is 14.3 Å². The van der Waals surface area contributed by atoms with Gasteiger partial charge in [-0.2, -0.15) is 0 Å². The molecule has 1 spiro atoms. The molecular formula is C15H18ClNO3. The lowest BCUT2D eigenvalue weighted by Crippen LogP contribution is -2.41. The first-order valence-corrected chi connectivity index (χ1v) is 7.33. The lowest BCUT2D eigenvalue weighted by molar-refractivity contribution is -0.180. The molecule has 0 N–H and O–H groups in total. The van der Waals surface area contributed by atoms with E-state index in [1.807, 2.05) is 12.1 Å². The second kappa shape index (κ2) is 5.02. The fourth-order valence-corrected chi connectivity index (χ4v) is 3.02. The van der Waals surface area contributed by atoms with Crippen molar-refractivity contribution in [3.8, 4) is 0 Å². The van der Waals surface area contributed by atoms with Gasteiger partial charge in [-0.05, 0) is 18.4 Å². The van der Waals surface area contributed by atoms with Crippen LogP contribution in [0, 0.1) is 5.92 Å². The van der Waals surface area contributed by atoms with Gasteiger partial charge in [-0.3, -0.25) is 4.79 Å². The van der Waals surface area contributed by atoms with Crippen LogP contribution in [0.2, 0.25) is 5.02 Å². The number of anilines is 1. The topological polar surface area (TPSA) is 38.8 Å². The van der Waals surface area contributed by atoms with Gasteiger partial charge in [0, 0.05) is 12.1 Å². The third-order valence-electron chi connectivity index (χ3n) is 3.76. The van der Waals surface area contributed by atoms with Gasteiger partial charge >= 0.3 is 0 Å². The first kappa shape index (κ1) is 13.9. The third-order valence-corrected chi connectivity index (χ3v) is 4.07. The number of halogens is 1. The summed E-state index contributed by atoms with van der Waals surface area (Å²) >= 11 is 6.30. The van der Waals surface area contributed by atoms with E-state index in [1.165, 1.54) is 0 Å². The number of fused-ring (bicyclic) bond motifs is 2. The monoisotopic (exact) mass is 295 g/mol. The molecule has 0 saturated carbocycles. The average molecular weight is 296 g/mol. The maximum Gasteiger partial charge on any atom is 0.292 e. The molecule has 108 valence electrons. The smallest absolute Gasteiger partial charge is 0.292 e. The molecule has 3 rings (SSSR count). The summed E-state index contributed by atoms with van der Waals surface area (Å²) in [5.74, 6) is -0.911. The van der Waals surface area contributed by atoms with Crippen LogP contribution in [-0.4, -0.2) is 25.7 Å². The average Bonchev–Trinajstić information content (AvgIpc) is 2.97. The van der Waals surface area contributed by atoms with Gasteiger partial charge in [-0.1, -0.05) is 37.6 Å². The van der Waals surface area contributed by atoms with Crippen LogP contribution in [0.1, 0.15) is 25.8 Å². The maximum atomic E-state index is 12.8. The quantitative estimate of drug-likeness (QED) is 0.860. The molecule has 1 amide bonds. The number of amides is 1. The van der Waals surface area contributed by atoms with Gasteiger partial charge in [0.2, 0.25) is 0 Å². The van der Waals surface area contributed by atoms with Crippen LogP contribution in [0.4, 0.5) is 5.69 Å². The highest BCUT2D eigenvalue weighted by Crippen LogP contribution is 2.48. The minimum atomic E-state index is -1.27. The molecule has 5 heteroatoms. The van der Waals surface area contributed by atoms with E-state index >= 15 is 0 Å². The number of hydrogen-bond acceptors (Lipinski definition) is 3. The molecule has 2 aliphatic rings. The molecule has 0 aliphatic carbocycles. The summed E-state index contributed by atoms with van der Waals surface area (Å²) < 4.78 is 11.3. The van der Waals surface area contributed by atoms with Crippen molar-refractivity contribution >= 4 is 23.2 Å². The van der Waals surface area contributed by atoms with Gasteiger partial charge < -0.3 is 14.4 Å². The Labute approximate surface area is 123 Å². The molecule has 0 unspecified atom stereocenters. The second-order valence-corrected chi connectivity index (χ2v) is 6.00. The summed E-state index contributed by atoms with van der Waals surface area (Å²) in [5, 5.41) is 0.565. The minimum absolute atomic E-state index is 0.154. The fourth-order valence-electron chi connectivity index (χ4n) is 2.74. The number of hydrogen-bond donors (Lipinski definition) is 0. The molecule has 0 atom stereocenters. The van der Waals surface area contributed by atoms with Crippen molar-refractivity contribution in [2.75, 3.05) is 24.7 Å². The van der Waals surface area contributed by atoms with Crippen LogP contribution in [0.3, 0.4) is 0 Å². The SMILES string of the molecule is CC(C)CCN1C(=O)C2(OCCO2)c2cccc(Cl)c21. The normalized spacial score (nSPS) is 20.2. The predicted molar refractivity (Wildman–Crippen MR) is 76.8 cm³/mol. The number of para-hydroxylation sites is 1. The Morgan fingerprint density at radius 3 is 2.70 bits per heavy atom. The fraction of sp³-hybridized carbons (Fsp3) is 0.533. The summed E-state index contributed by atoms with van der Waals surface area (Å²) in [6.07, 6.45) is 0.909. The standard InChI is InChI=1S/C15H18ClNO3/c1-10(2)6-7-17-13-11(4-3-5-12(13)16)15(14(17)18)19-8-9-20-15/h3-5,10H,6-9H2,1-2H3. The summed E-state index contributed by atoms with van der Waals surface area (Å²) in [5.41, 5.74) is 1.47. The highest BCUT2D eigenvalue weighted by molar-refractivity contribution is 6.35. The van der Waals surface area contributed by atoms with E-state index in [2.05, 4.69) is 13.8 Å². The van der Waals surface area contributed by atoms with Crippen LogP contribution in [0.25, 0.3) is 0 Å². The van der Waals surface area contributed by atoms with Crippen LogP contribution in [0.15, 0.2) is 18.2 Å². The highest BCUT2D eigenvalue weighted by atomic mass is 35.5. The molecule has 0 radical (unpaired) electrons. The van der Waals surface area contributed by atoms with Gasteiger partial charge in [0.25, 0.3) is 11.7 Å². The number of ether oxygens (including phenoxy) is 2. The largest absolute Gasteiger partial charge is 0.336 e. The number of carbonyl (C=O) groups is 1.